The third-order valence-electron chi connectivity index (χ3n) is 4.89. The fourth-order valence-electron chi connectivity index (χ4n) is 3.23. The van der Waals surface area contributed by atoms with Gasteiger partial charge in [0.25, 0.3) is 0 Å². The second-order valence-corrected chi connectivity index (χ2v) is 8.83. The van der Waals surface area contributed by atoms with Crippen molar-refractivity contribution < 1.29 is 4.79 Å². The molecule has 0 atom stereocenters. The molecule has 0 spiro atoms. The van der Waals surface area contributed by atoms with E-state index in [-0.39, 0.29) is 5.91 Å². The van der Waals surface area contributed by atoms with Gasteiger partial charge in [-0.05, 0) is 42.7 Å². The standard InChI is InChI=1S/C23H23N5OS2/c1-4-18-9-11-20(12-10-18)28(17(3)29)22-25-19(13-30-22)14-31-23-26-24-15-27(23)21-8-6-5-7-16(21)2/h5-13,15H,4,14H2,1-3H3. The van der Waals surface area contributed by atoms with Gasteiger partial charge in [-0.15, -0.1) is 21.5 Å². The van der Waals surface area contributed by atoms with Gasteiger partial charge in [-0.3, -0.25) is 14.3 Å². The molecular formula is C23H23N5OS2. The first-order valence-corrected chi connectivity index (χ1v) is 11.9. The molecule has 0 unspecified atom stereocenters. The van der Waals surface area contributed by atoms with Crippen molar-refractivity contribution >= 4 is 39.8 Å². The zero-order chi connectivity index (χ0) is 21.8. The highest BCUT2D eigenvalue weighted by Crippen LogP contribution is 2.31. The Kier molecular flexibility index (Phi) is 6.48. The molecule has 0 saturated carbocycles. The quantitative estimate of drug-likeness (QED) is 0.345. The lowest BCUT2D eigenvalue weighted by Crippen LogP contribution is -2.22. The molecule has 0 N–H and O–H groups in total. The molecule has 8 heteroatoms. The molecule has 2 aromatic carbocycles. The summed E-state index contributed by atoms with van der Waals surface area (Å²) in [7, 11) is 0. The van der Waals surface area contributed by atoms with Crippen LogP contribution in [0.2, 0.25) is 0 Å². The summed E-state index contributed by atoms with van der Waals surface area (Å²) >= 11 is 3.04. The number of carbonyl (C=O) groups excluding carboxylic acids is 1. The molecule has 0 fully saturated rings. The maximum absolute atomic E-state index is 12.4. The summed E-state index contributed by atoms with van der Waals surface area (Å²) < 4.78 is 1.99. The highest BCUT2D eigenvalue weighted by Gasteiger charge is 2.18. The Hall–Kier alpha value is -2.97. The minimum atomic E-state index is -0.0582. The van der Waals surface area contributed by atoms with E-state index in [4.69, 9.17) is 4.98 Å². The van der Waals surface area contributed by atoms with Gasteiger partial charge in [0.05, 0.1) is 17.1 Å². The van der Waals surface area contributed by atoms with Gasteiger partial charge in [0.15, 0.2) is 10.3 Å². The zero-order valence-electron chi connectivity index (χ0n) is 17.6. The lowest BCUT2D eigenvalue weighted by atomic mass is 10.1. The maximum atomic E-state index is 12.4. The van der Waals surface area contributed by atoms with Crippen LogP contribution in [0, 0.1) is 6.92 Å². The van der Waals surface area contributed by atoms with Crippen molar-refractivity contribution in [1.82, 2.24) is 19.7 Å². The first-order valence-electron chi connectivity index (χ1n) is 9.99. The molecule has 2 aromatic heterocycles. The fourth-order valence-corrected chi connectivity index (χ4v) is 5.04. The Morgan fingerprint density at radius 1 is 1.16 bits per heavy atom. The number of hydrogen-bond acceptors (Lipinski definition) is 6. The van der Waals surface area contributed by atoms with E-state index in [1.54, 1.807) is 29.9 Å². The molecule has 0 saturated heterocycles. The van der Waals surface area contributed by atoms with E-state index in [0.717, 1.165) is 34.2 Å². The topological polar surface area (TPSA) is 63.9 Å². The molecule has 4 aromatic rings. The lowest BCUT2D eigenvalue weighted by Gasteiger charge is -2.18. The van der Waals surface area contributed by atoms with Crippen LogP contribution in [-0.4, -0.2) is 25.7 Å². The third kappa shape index (κ3) is 4.70. The SMILES string of the molecule is CCc1ccc(N(C(C)=O)c2nc(CSc3nncn3-c3ccccc3C)cs2)cc1. The fraction of sp³-hybridized carbons (Fsp3) is 0.217. The molecular weight excluding hydrogens is 426 g/mol. The van der Waals surface area contributed by atoms with Crippen LogP contribution >= 0.6 is 23.1 Å². The summed E-state index contributed by atoms with van der Waals surface area (Å²) in [6, 6.07) is 16.2. The summed E-state index contributed by atoms with van der Waals surface area (Å²) in [5, 5.41) is 11.8. The molecule has 0 bridgehead atoms. The number of carbonyl (C=O) groups is 1. The monoisotopic (exact) mass is 449 g/mol. The van der Waals surface area contributed by atoms with Crippen molar-refractivity contribution in [2.45, 2.75) is 38.1 Å². The lowest BCUT2D eigenvalue weighted by molar-refractivity contribution is -0.115. The number of rotatable bonds is 7. The first kappa shape index (κ1) is 21.3. The van der Waals surface area contributed by atoms with Gasteiger partial charge in [0, 0.05) is 18.1 Å². The van der Waals surface area contributed by atoms with Gasteiger partial charge in [-0.1, -0.05) is 49.0 Å². The minimum Gasteiger partial charge on any atom is -0.276 e. The number of hydrogen-bond donors (Lipinski definition) is 0. The first-order chi connectivity index (χ1) is 15.1. The molecule has 0 radical (unpaired) electrons. The molecule has 158 valence electrons. The normalized spacial score (nSPS) is 10.9. The van der Waals surface area contributed by atoms with Crippen LogP contribution in [0.3, 0.4) is 0 Å². The Labute approximate surface area is 190 Å². The summed E-state index contributed by atoms with van der Waals surface area (Å²) in [6.45, 7) is 5.75. The van der Waals surface area contributed by atoms with Crippen LogP contribution in [-0.2, 0) is 17.0 Å². The van der Waals surface area contributed by atoms with Gasteiger partial charge in [-0.2, -0.15) is 0 Å². The Morgan fingerprint density at radius 2 is 1.94 bits per heavy atom. The minimum absolute atomic E-state index is 0.0582. The van der Waals surface area contributed by atoms with Crippen molar-refractivity contribution in [3.63, 3.8) is 0 Å². The van der Waals surface area contributed by atoms with Gasteiger partial charge >= 0.3 is 0 Å². The number of thioether (sulfide) groups is 1. The maximum Gasteiger partial charge on any atom is 0.230 e. The largest absolute Gasteiger partial charge is 0.276 e. The third-order valence-corrected chi connectivity index (χ3v) is 6.74. The van der Waals surface area contributed by atoms with E-state index >= 15 is 0 Å². The molecule has 0 aliphatic rings. The molecule has 0 aliphatic heterocycles. The van der Waals surface area contributed by atoms with Crippen molar-refractivity contribution in [2.75, 3.05) is 4.90 Å². The average molecular weight is 450 g/mol. The number of aryl methyl sites for hydroxylation is 2. The second kappa shape index (κ2) is 9.45. The van der Waals surface area contributed by atoms with Crippen LogP contribution in [0.5, 0.6) is 0 Å². The Balaban J connectivity index is 1.51. The van der Waals surface area contributed by atoms with Crippen molar-refractivity contribution in [3.05, 3.63) is 77.1 Å². The number of benzene rings is 2. The molecule has 1 amide bonds. The zero-order valence-corrected chi connectivity index (χ0v) is 19.3. The van der Waals surface area contributed by atoms with Crippen LogP contribution in [0.4, 0.5) is 10.8 Å². The number of amides is 1. The molecule has 4 rings (SSSR count). The van der Waals surface area contributed by atoms with E-state index < -0.39 is 0 Å². The Morgan fingerprint density at radius 3 is 2.65 bits per heavy atom. The van der Waals surface area contributed by atoms with Gasteiger partial charge in [-0.25, -0.2) is 4.98 Å². The van der Waals surface area contributed by atoms with Crippen molar-refractivity contribution in [2.24, 2.45) is 0 Å². The van der Waals surface area contributed by atoms with Crippen LogP contribution in [0.25, 0.3) is 5.69 Å². The van der Waals surface area contributed by atoms with E-state index in [1.165, 1.54) is 16.9 Å². The molecule has 2 heterocycles. The van der Waals surface area contributed by atoms with Gasteiger partial charge in [0.1, 0.15) is 6.33 Å². The summed E-state index contributed by atoms with van der Waals surface area (Å²) in [4.78, 5) is 18.7. The van der Waals surface area contributed by atoms with Crippen LogP contribution in [0.1, 0.15) is 30.7 Å². The summed E-state index contributed by atoms with van der Waals surface area (Å²) in [6.07, 6.45) is 2.70. The Bertz CT molecular complexity index is 1180. The summed E-state index contributed by atoms with van der Waals surface area (Å²) in [5.41, 5.74) is 5.19. The van der Waals surface area contributed by atoms with Gasteiger partial charge in [0.2, 0.25) is 5.91 Å². The van der Waals surface area contributed by atoms with Gasteiger partial charge < -0.3 is 0 Å². The van der Waals surface area contributed by atoms with Crippen LogP contribution < -0.4 is 4.90 Å². The van der Waals surface area contributed by atoms with E-state index in [2.05, 4.69) is 36.2 Å². The summed E-state index contributed by atoms with van der Waals surface area (Å²) in [5.74, 6) is 0.582. The van der Waals surface area contributed by atoms with E-state index in [0.29, 0.717) is 10.9 Å². The van der Waals surface area contributed by atoms with Crippen LogP contribution in [0.15, 0.2) is 65.4 Å². The smallest absolute Gasteiger partial charge is 0.230 e. The van der Waals surface area contributed by atoms with E-state index in [9.17, 15) is 4.79 Å². The second-order valence-electron chi connectivity index (χ2n) is 7.05. The number of nitrogens with zero attached hydrogens (tertiary/aromatic N) is 5. The number of anilines is 2. The predicted octanol–water partition coefficient (Wildman–Crippen LogP) is 5.57. The highest BCUT2D eigenvalue weighted by molar-refractivity contribution is 7.98. The number of thiazole rings is 1. The molecule has 6 nitrogen and oxygen atoms in total. The highest BCUT2D eigenvalue weighted by atomic mass is 32.2. The predicted molar refractivity (Wildman–Crippen MR) is 126 cm³/mol. The average Bonchev–Trinajstić information content (AvgIpc) is 3.42. The number of para-hydroxylation sites is 1. The molecule has 31 heavy (non-hydrogen) atoms. The van der Waals surface area contributed by atoms with Crippen molar-refractivity contribution in [1.29, 1.82) is 0 Å². The molecule has 0 aliphatic carbocycles. The van der Waals surface area contributed by atoms with E-state index in [1.807, 2.05) is 46.3 Å². The van der Waals surface area contributed by atoms with Crippen molar-refractivity contribution in [3.8, 4) is 5.69 Å². The number of aromatic nitrogens is 4.